The standard InChI is InChI=1S/C6H6FN3O3/c7-2-1-3(5(11)12)10-4(2)8-9-6(10)13/h2-3H,1H2,(H,9,13)(H,11,12)/t2-,3-/m0/s1. The first-order valence-corrected chi connectivity index (χ1v) is 3.65. The summed E-state index contributed by atoms with van der Waals surface area (Å²) in [5.41, 5.74) is -0.678. The number of aliphatic carboxylic acids is 1. The van der Waals surface area contributed by atoms with Gasteiger partial charge in [-0.3, -0.25) is 4.57 Å². The highest BCUT2D eigenvalue weighted by molar-refractivity contribution is 5.72. The topological polar surface area (TPSA) is 88.0 Å². The van der Waals surface area contributed by atoms with Crippen LogP contribution in [0.25, 0.3) is 0 Å². The number of aromatic nitrogens is 3. The van der Waals surface area contributed by atoms with Gasteiger partial charge in [0.2, 0.25) is 0 Å². The minimum atomic E-state index is -1.47. The molecule has 0 bridgehead atoms. The molecule has 0 saturated heterocycles. The zero-order valence-corrected chi connectivity index (χ0v) is 6.40. The van der Waals surface area contributed by atoms with E-state index in [1.807, 2.05) is 5.10 Å². The number of hydrogen-bond acceptors (Lipinski definition) is 3. The van der Waals surface area contributed by atoms with E-state index in [9.17, 15) is 14.0 Å². The number of carboxylic acids is 1. The number of rotatable bonds is 1. The number of H-pyrrole nitrogens is 1. The third-order valence-electron chi connectivity index (χ3n) is 2.04. The summed E-state index contributed by atoms with van der Waals surface area (Å²) >= 11 is 0. The van der Waals surface area contributed by atoms with E-state index in [0.29, 0.717) is 0 Å². The van der Waals surface area contributed by atoms with Crippen LogP contribution in [0, 0.1) is 0 Å². The summed E-state index contributed by atoms with van der Waals surface area (Å²) in [5, 5.41) is 14.1. The Hall–Kier alpha value is -1.66. The molecule has 2 heterocycles. The van der Waals surface area contributed by atoms with Crippen LogP contribution in [0.1, 0.15) is 24.5 Å². The van der Waals surface area contributed by atoms with Gasteiger partial charge < -0.3 is 5.11 Å². The zero-order valence-electron chi connectivity index (χ0n) is 6.40. The summed E-state index contributed by atoms with van der Waals surface area (Å²) in [4.78, 5) is 21.6. The second kappa shape index (κ2) is 2.41. The normalized spacial score (nSPS) is 25.9. The second-order valence-corrected chi connectivity index (χ2v) is 2.81. The summed E-state index contributed by atoms with van der Waals surface area (Å²) in [6.07, 6.45) is -1.69. The van der Waals surface area contributed by atoms with Crippen LogP contribution in [-0.2, 0) is 4.79 Å². The quantitative estimate of drug-likeness (QED) is 0.626. The van der Waals surface area contributed by atoms with Crippen LogP contribution >= 0.6 is 0 Å². The van der Waals surface area contributed by atoms with Crippen molar-refractivity contribution in [2.75, 3.05) is 0 Å². The maximum Gasteiger partial charge on any atom is 0.344 e. The van der Waals surface area contributed by atoms with Gasteiger partial charge in [0.25, 0.3) is 0 Å². The predicted octanol–water partition coefficient (Wildman–Crippen LogP) is -0.389. The molecule has 0 aromatic carbocycles. The first-order chi connectivity index (χ1) is 6.11. The predicted molar refractivity (Wildman–Crippen MR) is 38.0 cm³/mol. The van der Waals surface area contributed by atoms with Crippen LogP contribution < -0.4 is 5.69 Å². The van der Waals surface area contributed by atoms with E-state index in [4.69, 9.17) is 5.11 Å². The van der Waals surface area contributed by atoms with Crippen molar-refractivity contribution in [1.82, 2.24) is 14.8 Å². The molecule has 0 radical (unpaired) electrons. The molecule has 0 aliphatic carbocycles. The molecule has 0 spiro atoms. The van der Waals surface area contributed by atoms with Crippen LogP contribution in [0.4, 0.5) is 4.39 Å². The van der Waals surface area contributed by atoms with E-state index >= 15 is 0 Å². The maximum atomic E-state index is 13.0. The molecule has 1 aliphatic heterocycles. The Balaban J connectivity index is 2.56. The Bertz CT molecular complexity index is 410. The van der Waals surface area contributed by atoms with Crippen LogP contribution in [-0.4, -0.2) is 25.8 Å². The van der Waals surface area contributed by atoms with E-state index in [0.717, 1.165) is 4.57 Å². The Kier molecular flexibility index (Phi) is 1.48. The molecule has 6 nitrogen and oxygen atoms in total. The molecule has 13 heavy (non-hydrogen) atoms. The Morgan fingerprint density at radius 1 is 1.77 bits per heavy atom. The van der Waals surface area contributed by atoms with Gasteiger partial charge in [-0.15, -0.1) is 0 Å². The van der Waals surface area contributed by atoms with Crippen molar-refractivity contribution in [1.29, 1.82) is 0 Å². The molecule has 0 amide bonds. The highest BCUT2D eigenvalue weighted by atomic mass is 19.1. The van der Waals surface area contributed by atoms with Crippen molar-refractivity contribution >= 4 is 5.97 Å². The molecule has 1 aliphatic rings. The molecular formula is C6H6FN3O3. The highest BCUT2D eigenvalue weighted by Crippen LogP contribution is 2.33. The first kappa shape index (κ1) is 7.96. The lowest BCUT2D eigenvalue weighted by Gasteiger charge is -2.02. The molecule has 0 unspecified atom stereocenters. The Morgan fingerprint density at radius 3 is 3.08 bits per heavy atom. The fraction of sp³-hybridized carbons (Fsp3) is 0.500. The maximum absolute atomic E-state index is 13.0. The molecule has 2 atom stereocenters. The number of aromatic amines is 1. The lowest BCUT2D eigenvalue weighted by molar-refractivity contribution is -0.141. The molecule has 0 fully saturated rings. The number of alkyl halides is 1. The number of nitrogens with zero attached hydrogens (tertiary/aromatic N) is 2. The van der Waals surface area contributed by atoms with E-state index in [2.05, 4.69) is 5.10 Å². The van der Waals surface area contributed by atoms with Gasteiger partial charge >= 0.3 is 11.7 Å². The van der Waals surface area contributed by atoms with Crippen LogP contribution in [0.15, 0.2) is 4.79 Å². The Labute approximate surface area is 71.0 Å². The highest BCUT2D eigenvalue weighted by Gasteiger charge is 2.38. The lowest BCUT2D eigenvalue weighted by atomic mass is 10.2. The SMILES string of the molecule is O=C(O)[C@@H]1C[C@H](F)c2n[nH]c(=O)n21. The van der Waals surface area contributed by atoms with Crippen molar-refractivity contribution in [3.63, 3.8) is 0 Å². The fourth-order valence-corrected chi connectivity index (χ4v) is 1.46. The van der Waals surface area contributed by atoms with Crippen molar-refractivity contribution in [3.05, 3.63) is 16.3 Å². The second-order valence-electron chi connectivity index (χ2n) is 2.81. The Morgan fingerprint density at radius 2 is 2.46 bits per heavy atom. The summed E-state index contributed by atoms with van der Waals surface area (Å²) in [7, 11) is 0. The molecule has 7 heteroatoms. The van der Waals surface area contributed by atoms with Gasteiger partial charge in [-0.05, 0) is 0 Å². The molecule has 1 aromatic rings. The molecular weight excluding hydrogens is 181 g/mol. The number of carbonyl (C=O) groups is 1. The number of fused-ring (bicyclic) bond motifs is 1. The summed E-state index contributed by atoms with van der Waals surface area (Å²) in [6, 6.07) is -1.13. The van der Waals surface area contributed by atoms with Crippen molar-refractivity contribution < 1.29 is 14.3 Å². The van der Waals surface area contributed by atoms with Gasteiger partial charge in [0.15, 0.2) is 12.0 Å². The molecule has 70 valence electrons. The van der Waals surface area contributed by atoms with Crippen LogP contribution in [0.5, 0.6) is 0 Å². The van der Waals surface area contributed by atoms with Crippen molar-refractivity contribution in [2.45, 2.75) is 18.6 Å². The number of carboxylic acid groups (broad SMARTS) is 1. The number of halogens is 1. The zero-order chi connectivity index (χ0) is 9.59. The average Bonchev–Trinajstić information content (AvgIpc) is 2.55. The molecule has 0 saturated carbocycles. The van der Waals surface area contributed by atoms with Gasteiger partial charge in [0.05, 0.1) is 0 Å². The summed E-state index contributed by atoms with van der Waals surface area (Å²) in [5.74, 6) is -1.35. The molecule has 1 aromatic heterocycles. The summed E-state index contributed by atoms with van der Waals surface area (Å²) < 4.78 is 13.9. The molecule has 2 rings (SSSR count). The van der Waals surface area contributed by atoms with E-state index < -0.39 is 23.9 Å². The minimum absolute atomic E-state index is 0.127. The van der Waals surface area contributed by atoms with Crippen molar-refractivity contribution in [2.24, 2.45) is 0 Å². The van der Waals surface area contributed by atoms with Crippen molar-refractivity contribution in [3.8, 4) is 0 Å². The van der Waals surface area contributed by atoms with Gasteiger partial charge in [0, 0.05) is 6.42 Å². The van der Waals surface area contributed by atoms with Gasteiger partial charge in [0.1, 0.15) is 6.04 Å². The average molecular weight is 187 g/mol. The number of hydrogen-bond donors (Lipinski definition) is 2. The van der Waals surface area contributed by atoms with E-state index in [-0.39, 0.29) is 12.2 Å². The van der Waals surface area contributed by atoms with Gasteiger partial charge in [-0.2, -0.15) is 5.10 Å². The first-order valence-electron chi connectivity index (χ1n) is 3.65. The third kappa shape index (κ3) is 0.962. The third-order valence-corrected chi connectivity index (χ3v) is 2.04. The van der Waals surface area contributed by atoms with Gasteiger partial charge in [-0.1, -0.05) is 0 Å². The van der Waals surface area contributed by atoms with Crippen LogP contribution in [0.2, 0.25) is 0 Å². The smallest absolute Gasteiger partial charge is 0.344 e. The fourth-order valence-electron chi connectivity index (χ4n) is 1.46. The van der Waals surface area contributed by atoms with Gasteiger partial charge in [-0.25, -0.2) is 19.1 Å². The van der Waals surface area contributed by atoms with E-state index in [1.54, 1.807) is 0 Å². The number of nitrogens with one attached hydrogen (secondary N) is 1. The largest absolute Gasteiger partial charge is 0.480 e. The summed E-state index contributed by atoms with van der Waals surface area (Å²) in [6.45, 7) is 0. The molecule has 2 N–H and O–H groups in total. The lowest BCUT2D eigenvalue weighted by Crippen LogP contribution is -2.25. The minimum Gasteiger partial charge on any atom is -0.480 e. The van der Waals surface area contributed by atoms with E-state index in [1.165, 1.54) is 0 Å². The van der Waals surface area contributed by atoms with Crippen LogP contribution in [0.3, 0.4) is 0 Å². The monoisotopic (exact) mass is 187 g/mol.